The number of carbonyl (C=O) groups is 4. The molecule has 0 radical (unpaired) electrons. The molecule has 1 heterocycles. The second-order valence-electron chi connectivity index (χ2n) is 9.65. The second-order valence-corrected chi connectivity index (χ2v) is 9.65. The van der Waals surface area contributed by atoms with Gasteiger partial charge in [0.05, 0.1) is 17.8 Å². The molecule has 180 valence electrons. The Kier molecular flexibility index (Phi) is 8.26. The van der Waals surface area contributed by atoms with Crippen LogP contribution in [-0.4, -0.2) is 52.7 Å². The third kappa shape index (κ3) is 5.39. The van der Waals surface area contributed by atoms with Crippen molar-refractivity contribution in [2.45, 2.75) is 91.1 Å². The van der Waals surface area contributed by atoms with Crippen LogP contribution >= 0.6 is 0 Å². The maximum Gasteiger partial charge on any atom is 0.334 e. The number of hydrogen-bond acceptors (Lipinski definition) is 8. The minimum Gasteiger partial charge on any atom is -0.455 e. The molecule has 7 unspecified atom stereocenters. The predicted molar refractivity (Wildman–Crippen MR) is 115 cm³/mol. The molecule has 2 rings (SSSR count). The molecule has 1 aliphatic carbocycles. The fourth-order valence-corrected chi connectivity index (χ4v) is 4.07. The van der Waals surface area contributed by atoms with Crippen LogP contribution in [0.1, 0.15) is 67.2 Å². The lowest BCUT2D eigenvalue weighted by atomic mass is 9.76. The minimum atomic E-state index is -1.54. The highest BCUT2D eigenvalue weighted by atomic mass is 16.6. The van der Waals surface area contributed by atoms with E-state index in [1.807, 2.05) is 6.92 Å². The number of hydrogen-bond donors (Lipinski definition) is 1. The van der Waals surface area contributed by atoms with Gasteiger partial charge in [-0.25, -0.2) is 4.79 Å². The zero-order valence-electron chi connectivity index (χ0n) is 19.9. The molecule has 7 atom stereocenters. The van der Waals surface area contributed by atoms with Gasteiger partial charge in [-0.1, -0.05) is 41.2 Å². The van der Waals surface area contributed by atoms with Crippen molar-refractivity contribution in [2.24, 2.45) is 23.7 Å². The number of Topliss-reactive ketones (excluding diaryl/α,β-unsaturated/α-hetero) is 1. The van der Waals surface area contributed by atoms with Gasteiger partial charge < -0.3 is 19.3 Å². The van der Waals surface area contributed by atoms with Crippen LogP contribution in [0.15, 0.2) is 12.2 Å². The molecule has 8 nitrogen and oxygen atoms in total. The Morgan fingerprint density at radius 1 is 1.22 bits per heavy atom. The normalized spacial score (nSPS) is 34.5. The molecular formula is C24H36O8. The van der Waals surface area contributed by atoms with E-state index >= 15 is 0 Å². The van der Waals surface area contributed by atoms with E-state index in [9.17, 15) is 24.3 Å². The monoisotopic (exact) mass is 452 g/mol. The summed E-state index contributed by atoms with van der Waals surface area (Å²) < 4.78 is 16.8. The third-order valence-corrected chi connectivity index (χ3v) is 6.56. The molecule has 2 aliphatic rings. The van der Waals surface area contributed by atoms with Gasteiger partial charge in [0.15, 0.2) is 24.1 Å². The zero-order chi connectivity index (χ0) is 24.4. The number of ether oxygens (including phenoxy) is 3. The van der Waals surface area contributed by atoms with Crippen LogP contribution in [0.25, 0.3) is 0 Å². The Labute approximate surface area is 189 Å². The van der Waals surface area contributed by atoms with Gasteiger partial charge in [0.2, 0.25) is 0 Å². The first-order valence-electron chi connectivity index (χ1n) is 11.4. The van der Waals surface area contributed by atoms with Crippen molar-refractivity contribution in [3.63, 3.8) is 0 Å². The Hall–Kier alpha value is -2.22. The molecule has 0 amide bonds. The summed E-state index contributed by atoms with van der Waals surface area (Å²) in [5, 5.41) is 11.3. The summed E-state index contributed by atoms with van der Waals surface area (Å²) >= 11 is 0. The van der Waals surface area contributed by atoms with Gasteiger partial charge in [0, 0.05) is 11.5 Å². The summed E-state index contributed by atoms with van der Waals surface area (Å²) in [5.74, 6) is -4.73. The molecule has 8 heteroatoms. The number of fused-ring (bicyclic) bond motifs is 1. The van der Waals surface area contributed by atoms with Gasteiger partial charge in [-0.3, -0.25) is 14.4 Å². The molecule has 1 saturated carbocycles. The van der Waals surface area contributed by atoms with Crippen LogP contribution in [0.5, 0.6) is 0 Å². The highest BCUT2D eigenvalue weighted by molar-refractivity contribution is 5.95. The molecule has 2 fully saturated rings. The number of rotatable bonds is 5. The second kappa shape index (κ2) is 10.1. The molecule has 0 aromatic carbocycles. The van der Waals surface area contributed by atoms with E-state index in [4.69, 9.17) is 14.2 Å². The fourth-order valence-electron chi connectivity index (χ4n) is 4.07. The van der Waals surface area contributed by atoms with Crippen molar-refractivity contribution in [3.05, 3.63) is 12.2 Å². The van der Waals surface area contributed by atoms with Crippen LogP contribution in [0.4, 0.5) is 0 Å². The summed E-state index contributed by atoms with van der Waals surface area (Å²) in [4.78, 5) is 51.0. The van der Waals surface area contributed by atoms with Gasteiger partial charge in [0.25, 0.3) is 0 Å². The standard InChI is InChI=1S/C24H36O8/c1-8-13(4)22(27)30-18-16-15(6)23(28)31-19(16)20(32-21(26)12(2)3)24(7,29)11-9-10-14(5)17(18)25/h12-14,16,18-20,29H,6,8-11H2,1-5,7H3. The predicted octanol–water partition coefficient (Wildman–Crippen LogP) is 2.75. The summed E-state index contributed by atoms with van der Waals surface area (Å²) in [6.07, 6.45) is -2.14. The summed E-state index contributed by atoms with van der Waals surface area (Å²) in [6, 6.07) is 0. The Balaban J connectivity index is 2.57. The van der Waals surface area contributed by atoms with E-state index in [1.54, 1.807) is 27.7 Å². The van der Waals surface area contributed by atoms with Crippen LogP contribution in [0.3, 0.4) is 0 Å². The maximum absolute atomic E-state index is 13.3. The van der Waals surface area contributed by atoms with Crippen LogP contribution < -0.4 is 0 Å². The summed E-state index contributed by atoms with van der Waals surface area (Å²) in [5.41, 5.74) is -1.58. The van der Waals surface area contributed by atoms with Crippen LogP contribution in [0.2, 0.25) is 0 Å². The zero-order valence-corrected chi connectivity index (χ0v) is 19.9. The first-order chi connectivity index (χ1) is 14.8. The van der Waals surface area contributed by atoms with Gasteiger partial charge in [0.1, 0.15) is 5.60 Å². The number of ketones is 1. The van der Waals surface area contributed by atoms with E-state index in [2.05, 4.69) is 6.58 Å². The lowest BCUT2D eigenvalue weighted by Gasteiger charge is -2.40. The first kappa shape index (κ1) is 26.0. The van der Waals surface area contributed by atoms with Crippen molar-refractivity contribution in [1.82, 2.24) is 0 Å². The van der Waals surface area contributed by atoms with Crippen LogP contribution in [-0.2, 0) is 33.4 Å². The smallest absolute Gasteiger partial charge is 0.334 e. The average Bonchev–Trinajstić information content (AvgIpc) is 3.01. The molecule has 0 bridgehead atoms. The average molecular weight is 453 g/mol. The maximum atomic E-state index is 13.3. The highest BCUT2D eigenvalue weighted by Crippen LogP contribution is 2.41. The van der Waals surface area contributed by atoms with E-state index in [-0.39, 0.29) is 17.8 Å². The Morgan fingerprint density at radius 3 is 2.41 bits per heavy atom. The summed E-state index contributed by atoms with van der Waals surface area (Å²) in [6.45, 7) is 13.8. The number of carbonyl (C=O) groups excluding carboxylic acids is 4. The minimum absolute atomic E-state index is 0.0422. The van der Waals surface area contributed by atoms with Gasteiger partial charge in [-0.05, 0) is 32.6 Å². The van der Waals surface area contributed by atoms with Crippen molar-refractivity contribution >= 4 is 23.7 Å². The summed E-state index contributed by atoms with van der Waals surface area (Å²) in [7, 11) is 0. The van der Waals surface area contributed by atoms with Crippen LogP contribution in [0, 0.1) is 23.7 Å². The lowest BCUT2D eigenvalue weighted by molar-refractivity contribution is -0.196. The molecule has 0 aromatic rings. The van der Waals surface area contributed by atoms with Crippen molar-refractivity contribution in [2.75, 3.05) is 0 Å². The van der Waals surface area contributed by atoms with Gasteiger partial charge in [-0.2, -0.15) is 0 Å². The SMILES string of the molecule is C=C1C(=O)OC2C1C(OC(=O)C(C)CC)C(=O)C(C)CCCC(C)(O)C2OC(=O)C(C)C. The van der Waals surface area contributed by atoms with Gasteiger partial charge in [-0.15, -0.1) is 0 Å². The molecule has 0 aromatic heterocycles. The van der Waals surface area contributed by atoms with Crippen molar-refractivity contribution in [3.8, 4) is 0 Å². The topological polar surface area (TPSA) is 116 Å². The van der Waals surface area contributed by atoms with Crippen molar-refractivity contribution < 1.29 is 38.5 Å². The highest BCUT2D eigenvalue weighted by Gasteiger charge is 2.57. The molecular weight excluding hydrogens is 416 g/mol. The third-order valence-electron chi connectivity index (χ3n) is 6.56. The molecule has 32 heavy (non-hydrogen) atoms. The number of aliphatic hydroxyl groups is 1. The Morgan fingerprint density at radius 2 is 1.84 bits per heavy atom. The van der Waals surface area contributed by atoms with E-state index in [0.29, 0.717) is 19.3 Å². The lowest BCUT2D eigenvalue weighted by Crippen LogP contribution is -2.55. The number of esters is 3. The van der Waals surface area contributed by atoms with Gasteiger partial charge >= 0.3 is 17.9 Å². The molecule has 1 saturated heterocycles. The molecule has 0 spiro atoms. The van der Waals surface area contributed by atoms with E-state index in [1.165, 1.54) is 6.92 Å². The molecule has 1 N–H and O–H groups in total. The molecule has 1 aliphatic heterocycles. The Bertz CT molecular complexity index is 768. The van der Waals surface area contributed by atoms with Crippen molar-refractivity contribution in [1.29, 1.82) is 0 Å². The first-order valence-corrected chi connectivity index (χ1v) is 11.4. The fraction of sp³-hybridized carbons (Fsp3) is 0.750. The van der Waals surface area contributed by atoms with E-state index in [0.717, 1.165) is 0 Å². The quantitative estimate of drug-likeness (QED) is 0.385. The largest absolute Gasteiger partial charge is 0.455 e. The van der Waals surface area contributed by atoms with E-state index < -0.39 is 65.5 Å².